The van der Waals surface area contributed by atoms with Crippen LogP contribution in [0, 0.1) is 23.7 Å². The van der Waals surface area contributed by atoms with Gasteiger partial charge in [0.2, 0.25) is 5.69 Å². The van der Waals surface area contributed by atoms with Crippen LogP contribution < -0.4 is 15.4 Å². The van der Waals surface area contributed by atoms with Crippen molar-refractivity contribution in [3.8, 4) is 40.0 Å². The van der Waals surface area contributed by atoms with Gasteiger partial charge >= 0.3 is 0 Å². The fourth-order valence-electron chi connectivity index (χ4n) is 4.00. The first-order valence-corrected chi connectivity index (χ1v) is 10.5. The smallest absolute Gasteiger partial charge is 0.222 e. The number of hydrogen-bond donors (Lipinski definition) is 2. The van der Waals surface area contributed by atoms with Gasteiger partial charge in [-0.3, -0.25) is 0 Å². The van der Waals surface area contributed by atoms with Crippen molar-refractivity contribution in [2.45, 2.75) is 18.9 Å². The summed E-state index contributed by atoms with van der Waals surface area (Å²) >= 11 is 0. The molecular formula is C25H22FN5O2. The van der Waals surface area contributed by atoms with E-state index in [0.29, 0.717) is 52.6 Å². The average Bonchev–Trinajstić information content (AvgIpc) is 2.83. The molecule has 2 heterocycles. The number of methoxy groups -OCH3 is 1. The zero-order valence-corrected chi connectivity index (χ0v) is 18.0. The van der Waals surface area contributed by atoms with Crippen molar-refractivity contribution in [2.24, 2.45) is 5.73 Å². The molecule has 3 aromatic rings. The second kappa shape index (κ2) is 9.15. The first-order chi connectivity index (χ1) is 15.9. The predicted molar refractivity (Wildman–Crippen MR) is 124 cm³/mol. The van der Waals surface area contributed by atoms with Crippen molar-refractivity contribution in [1.29, 1.82) is 5.26 Å². The zero-order chi connectivity index (χ0) is 23.5. The van der Waals surface area contributed by atoms with E-state index >= 15 is 0 Å². The molecule has 0 radical (unpaired) electrons. The van der Waals surface area contributed by atoms with Gasteiger partial charge in [-0.1, -0.05) is 18.2 Å². The lowest BCUT2D eigenvalue weighted by molar-refractivity contribution is 0.373. The number of phenolic OH excluding ortho intramolecular Hbond substituents is 1. The Morgan fingerprint density at radius 2 is 1.94 bits per heavy atom. The molecule has 1 fully saturated rings. The lowest BCUT2D eigenvalue weighted by Crippen LogP contribution is -2.40. The van der Waals surface area contributed by atoms with Gasteiger partial charge in [0.25, 0.3) is 0 Å². The van der Waals surface area contributed by atoms with E-state index in [-0.39, 0.29) is 17.5 Å². The molecule has 0 spiro atoms. The third kappa shape index (κ3) is 4.30. The van der Waals surface area contributed by atoms with Crippen LogP contribution in [0.25, 0.3) is 27.2 Å². The summed E-state index contributed by atoms with van der Waals surface area (Å²) in [4.78, 5) is 10.1. The molecule has 7 nitrogen and oxygen atoms in total. The molecule has 33 heavy (non-hydrogen) atoms. The number of nitrogens with two attached hydrogens (primary N) is 1. The minimum absolute atomic E-state index is 0.0894. The molecular weight excluding hydrogens is 421 g/mol. The van der Waals surface area contributed by atoms with E-state index in [2.05, 4.69) is 15.8 Å². The number of piperidine rings is 1. The fraction of sp³-hybridized carbons (Fsp3) is 0.240. The van der Waals surface area contributed by atoms with Gasteiger partial charge in [-0.05, 0) is 42.7 Å². The van der Waals surface area contributed by atoms with E-state index in [9.17, 15) is 14.8 Å². The van der Waals surface area contributed by atoms with E-state index in [1.54, 1.807) is 24.3 Å². The molecule has 0 atom stereocenters. The maximum Gasteiger partial charge on any atom is 0.222 e. The number of nitrogens with zero attached hydrogens (tertiary/aromatic N) is 4. The van der Waals surface area contributed by atoms with E-state index in [0.717, 1.165) is 12.8 Å². The van der Waals surface area contributed by atoms with Gasteiger partial charge in [0.05, 0.1) is 31.0 Å². The number of aromatic hydroxyl groups is 1. The molecule has 8 heteroatoms. The number of benzene rings is 2. The van der Waals surface area contributed by atoms with Crippen LogP contribution in [-0.2, 0) is 0 Å². The maximum absolute atomic E-state index is 14.5. The molecule has 1 saturated heterocycles. The average molecular weight is 443 g/mol. The minimum atomic E-state index is -0.666. The quantitative estimate of drug-likeness (QED) is 0.571. The number of hydrogen-bond acceptors (Lipinski definition) is 6. The standard InChI is InChI=1S/C25H22FN5O2/c1-29-20-5-3-16(11-19(20)26)25-24(15-4-6-22(33-2)21(32)12-15)17(14-27)13-23(30-25)31-9-7-18(28)8-10-31/h3-6,11-13,18,32H,7-10,28H2,2H3. The summed E-state index contributed by atoms with van der Waals surface area (Å²) in [5.41, 5.74) is 8.09. The van der Waals surface area contributed by atoms with E-state index < -0.39 is 5.82 Å². The van der Waals surface area contributed by atoms with Crippen molar-refractivity contribution >= 4 is 11.5 Å². The van der Waals surface area contributed by atoms with Gasteiger partial charge in [-0.2, -0.15) is 5.26 Å². The zero-order valence-electron chi connectivity index (χ0n) is 18.0. The fourth-order valence-corrected chi connectivity index (χ4v) is 4.00. The summed E-state index contributed by atoms with van der Waals surface area (Å²) in [6.45, 7) is 8.52. The van der Waals surface area contributed by atoms with Crippen molar-refractivity contribution < 1.29 is 14.2 Å². The van der Waals surface area contributed by atoms with Crippen LogP contribution in [0.1, 0.15) is 18.4 Å². The van der Waals surface area contributed by atoms with Gasteiger partial charge in [-0.15, -0.1) is 0 Å². The second-order valence-electron chi connectivity index (χ2n) is 7.85. The highest BCUT2D eigenvalue weighted by Gasteiger charge is 2.23. The molecule has 0 aliphatic carbocycles. The Labute approximate surface area is 191 Å². The number of anilines is 1. The van der Waals surface area contributed by atoms with Crippen LogP contribution in [0.4, 0.5) is 15.9 Å². The molecule has 1 aromatic heterocycles. The Balaban J connectivity index is 1.94. The highest BCUT2D eigenvalue weighted by Crippen LogP contribution is 2.40. The van der Waals surface area contributed by atoms with Crippen LogP contribution in [0.2, 0.25) is 0 Å². The Morgan fingerprint density at radius 3 is 2.55 bits per heavy atom. The number of rotatable bonds is 4. The van der Waals surface area contributed by atoms with E-state index in [1.807, 2.05) is 0 Å². The summed E-state index contributed by atoms with van der Waals surface area (Å²) in [5, 5.41) is 20.3. The highest BCUT2D eigenvalue weighted by molar-refractivity contribution is 5.87. The third-order valence-electron chi connectivity index (χ3n) is 5.80. The normalized spacial score (nSPS) is 13.9. The van der Waals surface area contributed by atoms with Gasteiger partial charge in [0.15, 0.2) is 11.5 Å². The van der Waals surface area contributed by atoms with Gasteiger partial charge in [-0.25, -0.2) is 14.2 Å². The molecule has 0 unspecified atom stereocenters. The predicted octanol–water partition coefficient (Wildman–Crippen LogP) is 4.62. The Bertz CT molecular complexity index is 1290. The molecule has 4 rings (SSSR count). The topological polar surface area (TPSA) is 99.8 Å². The first-order valence-electron chi connectivity index (χ1n) is 10.5. The van der Waals surface area contributed by atoms with E-state index in [4.69, 9.17) is 22.0 Å². The Hall–Kier alpha value is -4.14. The number of aromatic nitrogens is 1. The number of halogens is 1. The van der Waals surface area contributed by atoms with Crippen molar-refractivity contribution in [2.75, 3.05) is 25.1 Å². The lowest BCUT2D eigenvalue weighted by atomic mass is 9.94. The number of phenols is 1. The molecule has 0 amide bonds. The molecule has 0 saturated carbocycles. The van der Waals surface area contributed by atoms with Gasteiger partial charge in [0.1, 0.15) is 11.6 Å². The van der Waals surface area contributed by atoms with Crippen LogP contribution in [0.5, 0.6) is 11.5 Å². The van der Waals surface area contributed by atoms with Crippen molar-refractivity contribution in [3.05, 3.63) is 65.3 Å². The van der Waals surface area contributed by atoms with Crippen molar-refractivity contribution in [3.63, 3.8) is 0 Å². The van der Waals surface area contributed by atoms with Crippen LogP contribution in [0.15, 0.2) is 42.5 Å². The summed E-state index contributed by atoms with van der Waals surface area (Å²) in [6, 6.07) is 13.1. The lowest BCUT2D eigenvalue weighted by Gasteiger charge is -2.31. The minimum Gasteiger partial charge on any atom is -0.504 e. The largest absolute Gasteiger partial charge is 0.504 e. The molecule has 3 N–H and O–H groups in total. The molecule has 1 aliphatic rings. The van der Waals surface area contributed by atoms with Gasteiger partial charge in [0, 0.05) is 30.3 Å². The maximum atomic E-state index is 14.5. The molecule has 0 bridgehead atoms. The highest BCUT2D eigenvalue weighted by atomic mass is 19.1. The Kier molecular flexibility index (Phi) is 6.12. The molecule has 166 valence electrons. The van der Waals surface area contributed by atoms with E-state index in [1.165, 1.54) is 25.3 Å². The van der Waals surface area contributed by atoms with Gasteiger partial charge < -0.3 is 20.5 Å². The van der Waals surface area contributed by atoms with Crippen LogP contribution in [0.3, 0.4) is 0 Å². The first kappa shape index (κ1) is 22.1. The SMILES string of the molecule is [C-]#[N+]c1ccc(-c2nc(N3CCC(N)CC3)cc(C#N)c2-c2ccc(OC)c(O)c2)cc1F. The number of nitriles is 1. The number of ether oxygens (including phenoxy) is 1. The van der Waals surface area contributed by atoms with Crippen molar-refractivity contribution in [1.82, 2.24) is 4.98 Å². The molecule has 2 aromatic carbocycles. The third-order valence-corrected chi connectivity index (χ3v) is 5.80. The summed E-state index contributed by atoms with van der Waals surface area (Å²) in [6.07, 6.45) is 1.61. The summed E-state index contributed by atoms with van der Waals surface area (Å²) < 4.78 is 19.7. The monoisotopic (exact) mass is 443 g/mol. The summed E-state index contributed by atoms with van der Waals surface area (Å²) in [7, 11) is 1.45. The Morgan fingerprint density at radius 1 is 1.21 bits per heavy atom. The second-order valence-corrected chi connectivity index (χ2v) is 7.85. The molecule has 1 aliphatic heterocycles. The van der Waals surface area contributed by atoms with Crippen LogP contribution >= 0.6 is 0 Å². The van der Waals surface area contributed by atoms with Crippen LogP contribution in [-0.4, -0.2) is 36.3 Å². The summed E-state index contributed by atoms with van der Waals surface area (Å²) in [5.74, 6) is 0.138. The number of pyridine rings is 1.